The van der Waals surface area contributed by atoms with E-state index < -0.39 is 180 Å². The van der Waals surface area contributed by atoms with Crippen LogP contribution < -0.4 is 86.7 Å². The highest BCUT2D eigenvalue weighted by molar-refractivity contribution is 6.00. The zero-order valence-corrected chi connectivity index (χ0v) is 67.3. The van der Waals surface area contributed by atoms with E-state index >= 15 is 0 Å². The van der Waals surface area contributed by atoms with Crippen molar-refractivity contribution in [3.63, 3.8) is 0 Å². The number of rotatable bonds is 51. The molecule has 1 aromatic carbocycles. The minimum atomic E-state index is -1.26. The molecule has 13 unspecified atom stereocenters. The Hall–Kier alpha value is -8.32. The average Bonchev–Trinajstić information content (AvgIpc) is 1.62. The van der Waals surface area contributed by atoms with Gasteiger partial charge in [-0.3, -0.25) is 67.1 Å². The van der Waals surface area contributed by atoms with E-state index in [0.29, 0.717) is 44.9 Å². The fourth-order valence-corrected chi connectivity index (χ4v) is 12.6. The molecular formula is C77H135N17O14. The Morgan fingerprint density at radius 1 is 0.426 bits per heavy atom. The fourth-order valence-electron chi connectivity index (χ4n) is 12.6. The second-order valence-corrected chi connectivity index (χ2v) is 31.9. The van der Waals surface area contributed by atoms with Crippen LogP contribution in [0.1, 0.15) is 213 Å². The third kappa shape index (κ3) is 35.8. The summed E-state index contributed by atoms with van der Waals surface area (Å²) < 4.78 is 0. The number of hydrogen-bond acceptors (Lipinski definition) is 17. The topological polar surface area (TPSA) is 491 Å². The Balaban J connectivity index is 2.30. The van der Waals surface area contributed by atoms with Crippen LogP contribution >= 0.6 is 0 Å². The van der Waals surface area contributed by atoms with E-state index in [2.05, 4.69) is 63.8 Å². The summed E-state index contributed by atoms with van der Waals surface area (Å²) in [6.45, 7) is 28.7. The maximum absolute atomic E-state index is 14.5. The van der Waals surface area contributed by atoms with Crippen LogP contribution in [-0.4, -0.2) is 193 Å². The van der Waals surface area contributed by atoms with Crippen molar-refractivity contribution in [1.82, 2.24) is 68.7 Å². The molecule has 20 N–H and O–H groups in total. The van der Waals surface area contributed by atoms with Gasteiger partial charge in [0.2, 0.25) is 82.7 Å². The Labute approximate surface area is 640 Å². The standard InChI is InChI=1S/C77H135N17O14/c1-17-50(16)65(93-73(104)59(38-47(10)11)89-74(105)61-30-25-33-94(61)77(108)60(39-48(12)13)91-67(98)52(80)40-51-26-19-18-20-27-51)76(107)90-56(35-44(4)5)69(100)83-41-62(95)84-54(29-22-24-32-79)70(101)88-58(37-46(8)9)72(103)92-64(49(14)15)75(106)86-53(28-21-23-31-78)68(99)82-42-63(96)85-57(36-45(6)7)71(102)87-55(66(81)97)34-43(2)3/h18-20,26-27,43-50,52-61,64-65H,17,21-25,28-42,78-80H2,1-16H3,(H2,81,97)(H,82,99)(H,83,100)(H,84,95)(H,85,96)(H,86,106)(H,87,102)(H,88,101)(H,89,105)(H,90,107)(H,91,98)(H,92,103)(H,93,104). The van der Waals surface area contributed by atoms with E-state index in [9.17, 15) is 67.1 Å². The molecule has 31 nitrogen and oxygen atoms in total. The number of nitrogens with zero attached hydrogens (tertiary/aromatic N) is 1. The molecule has 2 rings (SSSR count). The van der Waals surface area contributed by atoms with E-state index in [1.807, 2.05) is 120 Å². The number of likely N-dealkylation sites (tertiary alicyclic amines) is 1. The van der Waals surface area contributed by atoms with Gasteiger partial charge in [-0.2, -0.15) is 0 Å². The van der Waals surface area contributed by atoms with Crippen LogP contribution in [0.5, 0.6) is 0 Å². The Morgan fingerprint density at radius 3 is 1.27 bits per heavy atom. The van der Waals surface area contributed by atoms with Gasteiger partial charge in [0, 0.05) is 6.54 Å². The van der Waals surface area contributed by atoms with Crippen LogP contribution in [0, 0.1) is 47.3 Å². The first-order valence-corrected chi connectivity index (χ1v) is 39.1. The van der Waals surface area contributed by atoms with Crippen LogP contribution in [0.3, 0.4) is 0 Å². The second kappa shape index (κ2) is 49.7. The number of unbranched alkanes of at least 4 members (excludes halogenated alkanes) is 2. The number of nitrogens with two attached hydrogens (primary N) is 4. The molecule has 0 aliphatic carbocycles. The van der Waals surface area contributed by atoms with Crippen molar-refractivity contribution in [3.8, 4) is 0 Å². The highest BCUT2D eigenvalue weighted by atomic mass is 16.2. The first-order chi connectivity index (χ1) is 50.7. The third-order valence-corrected chi connectivity index (χ3v) is 18.6. The first-order valence-electron chi connectivity index (χ1n) is 39.1. The normalized spacial score (nSPS) is 16.3. The summed E-state index contributed by atoms with van der Waals surface area (Å²) in [5.74, 6) is -11.1. The number of amides is 14. The summed E-state index contributed by atoms with van der Waals surface area (Å²) >= 11 is 0. The minimum Gasteiger partial charge on any atom is -0.368 e. The maximum Gasteiger partial charge on any atom is 0.245 e. The molecule has 0 saturated carbocycles. The van der Waals surface area contributed by atoms with Gasteiger partial charge in [0.15, 0.2) is 0 Å². The molecule has 1 saturated heterocycles. The molecule has 0 aromatic heterocycles. The predicted molar refractivity (Wildman–Crippen MR) is 414 cm³/mol. The summed E-state index contributed by atoms with van der Waals surface area (Å²) in [7, 11) is 0. The van der Waals surface area contributed by atoms with Crippen molar-refractivity contribution in [2.45, 2.75) is 286 Å². The molecule has 31 heteroatoms. The van der Waals surface area contributed by atoms with Crippen molar-refractivity contribution >= 4 is 82.7 Å². The first kappa shape index (κ1) is 95.8. The van der Waals surface area contributed by atoms with Crippen molar-refractivity contribution in [3.05, 3.63) is 35.9 Å². The lowest BCUT2D eigenvalue weighted by Crippen LogP contribution is -2.60. The summed E-state index contributed by atoms with van der Waals surface area (Å²) in [5.41, 5.74) is 24.3. The van der Waals surface area contributed by atoms with Crippen LogP contribution in [0.4, 0.5) is 0 Å². The molecule has 0 spiro atoms. The minimum absolute atomic E-state index is 0.0153. The number of hydrogen-bond donors (Lipinski definition) is 16. The lowest BCUT2D eigenvalue weighted by Gasteiger charge is -2.32. The van der Waals surface area contributed by atoms with Crippen LogP contribution in [0.2, 0.25) is 0 Å². The summed E-state index contributed by atoms with van der Waals surface area (Å²) in [5, 5.41) is 32.7. The van der Waals surface area contributed by atoms with Crippen molar-refractivity contribution in [2.75, 3.05) is 32.7 Å². The molecular weight excluding hydrogens is 1390 g/mol. The highest BCUT2D eigenvalue weighted by Gasteiger charge is 2.42. The number of primary amides is 1. The zero-order valence-electron chi connectivity index (χ0n) is 67.3. The Bertz CT molecular complexity index is 3060. The molecule has 0 radical (unpaired) electrons. The van der Waals surface area contributed by atoms with E-state index in [0.717, 1.165) is 5.56 Å². The van der Waals surface area contributed by atoms with Gasteiger partial charge in [-0.1, -0.05) is 148 Å². The Kier molecular flexibility index (Phi) is 44.0. The number of carbonyl (C=O) groups excluding carboxylic acids is 14. The number of nitrogens with one attached hydrogen (secondary N) is 12. The zero-order chi connectivity index (χ0) is 81.7. The van der Waals surface area contributed by atoms with E-state index in [1.54, 1.807) is 20.8 Å². The van der Waals surface area contributed by atoms with Crippen LogP contribution in [0.15, 0.2) is 30.3 Å². The molecule has 1 fully saturated rings. The van der Waals surface area contributed by atoms with Crippen molar-refractivity contribution in [1.29, 1.82) is 0 Å². The lowest BCUT2D eigenvalue weighted by molar-refractivity contribution is -0.142. The molecule has 1 aromatic rings. The summed E-state index contributed by atoms with van der Waals surface area (Å²) in [6, 6.07) is -4.22. The van der Waals surface area contributed by atoms with Gasteiger partial charge in [0.25, 0.3) is 0 Å². The monoisotopic (exact) mass is 1520 g/mol. The molecule has 14 amide bonds. The quantitative estimate of drug-likeness (QED) is 0.0409. The summed E-state index contributed by atoms with van der Waals surface area (Å²) in [4.78, 5) is 196. The van der Waals surface area contributed by atoms with Crippen LogP contribution in [0.25, 0.3) is 0 Å². The van der Waals surface area contributed by atoms with Gasteiger partial charge >= 0.3 is 0 Å². The van der Waals surface area contributed by atoms with Crippen molar-refractivity contribution in [2.24, 2.45) is 70.3 Å². The average molecular weight is 1520 g/mol. The predicted octanol–water partition coefficient (Wildman–Crippen LogP) is 1.35. The van der Waals surface area contributed by atoms with E-state index in [4.69, 9.17) is 22.9 Å². The molecule has 13 atom stereocenters. The Morgan fingerprint density at radius 2 is 0.796 bits per heavy atom. The number of benzene rings is 1. The van der Waals surface area contributed by atoms with Gasteiger partial charge < -0.3 is 91.6 Å². The molecule has 0 bridgehead atoms. The van der Waals surface area contributed by atoms with Crippen molar-refractivity contribution < 1.29 is 67.1 Å². The fraction of sp³-hybridized carbons (Fsp3) is 0.740. The maximum atomic E-state index is 14.5. The molecule has 1 heterocycles. The smallest absolute Gasteiger partial charge is 0.245 e. The second-order valence-electron chi connectivity index (χ2n) is 31.9. The van der Waals surface area contributed by atoms with Gasteiger partial charge in [-0.15, -0.1) is 0 Å². The summed E-state index contributed by atoms with van der Waals surface area (Å²) in [6.07, 6.45) is 4.42. The third-order valence-electron chi connectivity index (χ3n) is 18.6. The van der Waals surface area contributed by atoms with E-state index in [1.165, 1.54) is 4.90 Å². The molecule has 1 aliphatic rings. The van der Waals surface area contributed by atoms with E-state index in [-0.39, 0.29) is 113 Å². The van der Waals surface area contributed by atoms with Crippen LogP contribution in [-0.2, 0) is 73.5 Å². The highest BCUT2D eigenvalue weighted by Crippen LogP contribution is 2.23. The molecule has 612 valence electrons. The molecule has 1 aliphatic heterocycles. The largest absolute Gasteiger partial charge is 0.368 e. The van der Waals surface area contributed by atoms with Gasteiger partial charge in [0.1, 0.15) is 66.5 Å². The van der Waals surface area contributed by atoms with Gasteiger partial charge in [0.05, 0.1) is 19.1 Å². The number of carbonyl (C=O) groups is 14. The lowest BCUT2D eigenvalue weighted by atomic mass is 9.95. The van der Waals surface area contributed by atoms with Gasteiger partial charge in [-0.25, -0.2) is 0 Å². The SMILES string of the molecule is CCC(C)C(NC(=O)C(CC(C)C)NC(=O)C1CCCN1C(=O)C(CC(C)C)NC(=O)C(N)Cc1ccccc1)C(=O)NC(CC(C)C)C(=O)NCC(=O)NC(CCCCN)C(=O)NC(CC(C)C)C(=O)NC(C(=O)NC(CCCCN)C(=O)NCC(=O)NC(CC(C)C)C(=O)NC(CC(C)C)C(N)=O)C(C)C. The molecule has 108 heavy (non-hydrogen) atoms. The van der Waals surface area contributed by atoms with Gasteiger partial charge in [-0.05, 0) is 162 Å².